The van der Waals surface area contributed by atoms with Crippen LogP contribution >= 0.6 is 0 Å². The van der Waals surface area contributed by atoms with Crippen LogP contribution in [0.25, 0.3) is 0 Å². The lowest BCUT2D eigenvalue weighted by Gasteiger charge is -2.50. The molecule has 0 unspecified atom stereocenters. The number of nitrogens with zero attached hydrogens (tertiary/aromatic N) is 1. The highest BCUT2D eigenvalue weighted by molar-refractivity contribution is 5.96. The van der Waals surface area contributed by atoms with Crippen molar-refractivity contribution in [1.29, 1.82) is 0 Å². The molecule has 1 saturated carbocycles. The van der Waals surface area contributed by atoms with Crippen LogP contribution in [-0.4, -0.2) is 28.7 Å². The summed E-state index contributed by atoms with van der Waals surface area (Å²) < 4.78 is 13.2. The number of amides is 1. The molecule has 2 atom stereocenters. The van der Waals surface area contributed by atoms with Crippen molar-refractivity contribution in [3.05, 3.63) is 59.4 Å². The summed E-state index contributed by atoms with van der Waals surface area (Å²) in [4.78, 5) is 23.7. The van der Waals surface area contributed by atoms with E-state index >= 15 is 0 Å². The first-order chi connectivity index (χ1) is 12.3. The average molecular weight is 356 g/mol. The first kappa shape index (κ1) is 18.2. The van der Waals surface area contributed by atoms with Crippen LogP contribution in [-0.2, 0) is 23.1 Å². The summed E-state index contributed by atoms with van der Waals surface area (Å²) >= 11 is 0. The molecule has 1 amide bonds. The lowest BCUT2D eigenvalue weighted by atomic mass is 9.66. The van der Waals surface area contributed by atoms with Gasteiger partial charge in [-0.05, 0) is 11.6 Å². The van der Waals surface area contributed by atoms with Crippen LogP contribution in [0.3, 0.4) is 0 Å². The molecule has 1 aliphatic carbocycles. The van der Waals surface area contributed by atoms with Gasteiger partial charge in [0.15, 0.2) is 0 Å². The van der Waals surface area contributed by atoms with Gasteiger partial charge >= 0.3 is 5.97 Å². The highest BCUT2D eigenvalue weighted by Crippen LogP contribution is 2.45. The molecule has 26 heavy (non-hydrogen) atoms. The molecule has 0 spiro atoms. The molecule has 6 nitrogen and oxygen atoms in total. The molecule has 3 rings (SSSR count). The Balaban J connectivity index is 1.58. The number of aromatic nitrogens is 1. The Labute approximate surface area is 152 Å². The zero-order valence-electron chi connectivity index (χ0n) is 15.3. The first-order valence-corrected chi connectivity index (χ1v) is 8.61. The minimum Gasteiger partial charge on any atom is -0.457 e. The maximum Gasteiger partial charge on any atom is 0.355 e. The predicted octanol–water partition coefficient (Wildman–Crippen LogP) is 2.66. The quantitative estimate of drug-likeness (QED) is 0.807. The number of hydrogen-bond donors (Lipinski definition) is 1. The molecule has 1 aromatic carbocycles. The molecule has 2 N–H and O–H groups in total. The molecule has 2 aromatic rings. The number of primary amides is 1. The van der Waals surface area contributed by atoms with E-state index in [1.807, 2.05) is 44.2 Å². The topological polar surface area (TPSA) is 83.6 Å². The normalized spacial score (nSPS) is 21.0. The van der Waals surface area contributed by atoms with Gasteiger partial charge in [0.05, 0.1) is 18.3 Å². The van der Waals surface area contributed by atoms with Crippen LogP contribution in [0.2, 0.25) is 0 Å². The van der Waals surface area contributed by atoms with Crippen LogP contribution < -0.4 is 5.73 Å². The van der Waals surface area contributed by atoms with E-state index in [-0.39, 0.29) is 23.2 Å². The van der Waals surface area contributed by atoms with Gasteiger partial charge in [-0.3, -0.25) is 4.79 Å². The van der Waals surface area contributed by atoms with E-state index in [9.17, 15) is 9.59 Å². The van der Waals surface area contributed by atoms with Crippen molar-refractivity contribution >= 4 is 11.9 Å². The number of carbonyl (C=O) groups excluding carboxylic acids is 2. The lowest BCUT2D eigenvalue weighted by Crippen LogP contribution is -2.56. The molecular formula is C20H24N2O4. The van der Waals surface area contributed by atoms with Gasteiger partial charge in [0, 0.05) is 25.1 Å². The minimum atomic E-state index is -0.571. The number of rotatable bonds is 6. The second kappa shape index (κ2) is 6.96. The van der Waals surface area contributed by atoms with Gasteiger partial charge < -0.3 is 19.8 Å². The Morgan fingerprint density at radius 3 is 2.50 bits per heavy atom. The molecule has 0 bridgehead atoms. The first-order valence-electron chi connectivity index (χ1n) is 8.61. The van der Waals surface area contributed by atoms with Gasteiger partial charge in [0.2, 0.25) is 5.91 Å². The van der Waals surface area contributed by atoms with Crippen molar-refractivity contribution < 1.29 is 19.1 Å². The van der Waals surface area contributed by atoms with Gasteiger partial charge in [0.1, 0.15) is 11.8 Å². The van der Waals surface area contributed by atoms with Gasteiger partial charge in [-0.1, -0.05) is 44.2 Å². The number of nitrogens with two attached hydrogens (primary N) is 1. The Hall–Kier alpha value is -2.60. The number of carbonyl (C=O) groups is 2. The zero-order chi connectivity index (χ0) is 18.9. The number of benzene rings is 1. The monoisotopic (exact) mass is 356 g/mol. The maximum atomic E-state index is 12.4. The summed E-state index contributed by atoms with van der Waals surface area (Å²) in [5, 5.41) is 0. The van der Waals surface area contributed by atoms with Crippen LogP contribution in [0, 0.1) is 5.41 Å². The van der Waals surface area contributed by atoms with Crippen molar-refractivity contribution in [2.75, 3.05) is 0 Å². The molecule has 0 radical (unpaired) electrons. The Kier molecular flexibility index (Phi) is 4.87. The van der Waals surface area contributed by atoms with Gasteiger partial charge in [-0.25, -0.2) is 4.79 Å². The van der Waals surface area contributed by atoms with E-state index in [4.69, 9.17) is 15.2 Å². The van der Waals surface area contributed by atoms with Gasteiger partial charge in [-0.2, -0.15) is 0 Å². The van der Waals surface area contributed by atoms with Crippen molar-refractivity contribution in [2.24, 2.45) is 18.2 Å². The molecule has 1 heterocycles. The highest BCUT2D eigenvalue weighted by Gasteiger charge is 2.51. The fourth-order valence-corrected chi connectivity index (χ4v) is 3.19. The van der Waals surface area contributed by atoms with Crippen LogP contribution in [0.1, 0.15) is 46.7 Å². The Morgan fingerprint density at radius 1 is 1.23 bits per heavy atom. The van der Waals surface area contributed by atoms with Gasteiger partial charge in [0.25, 0.3) is 0 Å². The lowest BCUT2D eigenvalue weighted by molar-refractivity contribution is -0.181. The van der Waals surface area contributed by atoms with E-state index in [1.165, 1.54) is 12.3 Å². The minimum absolute atomic E-state index is 0.0232. The van der Waals surface area contributed by atoms with Crippen molar-refractivity contribution in [3.63, 3.8) is 0 Å². The molecule has 6 heteroatoms. The number of esters is 1. The fourth-order valence-electron chi connectivity index (χ4n) is 3.19. The maximum absolute atomic E-state index is 12.4. The van der Waals surface area contributed by atoms with Crippen LogP contribution in [0.15, 0.2) is 42.6 Å². The standard InChI is InChI=1S/C20H24N2O4/c1-20(2)16(25-12-13-7-5-4-6-8-13)10-17(20)26-19(24)15-9-14(18(21)23)11-22(15)3/h4-9,11,16-17H,10,12H2,1-3H3,(H2,21,23)/t16-,17-/m0/s1. The highest BCUT2D eigenvalue weighted by atomic mass is 16.6. The molecule has 0 aliphatic heterocycles. The van der Waals surface area contributed by atoms with E-state index in [0.29, 0.717) is 18.7 Å². The molecular weight excluding hydrogens is 332 g/mol. The summed E-state index contributed by atoms with van der Waals surface area (Å²) in [6.45, 7) is 4.60. The van der Waals surface area contributed by atoms with Crippen molar-refractivity contribution in [3.8, 4) is 0 Å². The van der Waals surface area contributed by atoms with Crippen molar-refractivity contribution in [2.45, 2.75) is 39.1 Å². The summed E-state index contributed by atoms with van der Waals surface area (Å²) in [5.41, 5.74) is 6.69. The Bertz CT molecular complexity index is 810. The third kappa shape index (κ3) is 3.51. The largest absolute Gasteiger partial charge is 0.457 e. The number of hydrogen-bond acceptors (Lipinski definition) is 4. The smallest absolute Gasteiger partial charge is 0.355 e. The molecule has 0 saturated heterocycles. The number of aryl methyl sites for hydroxylation is 1. The third-order valence-corrected chi connectivity index (χ3v) is 5.13. The Morgan fingerprint density at radius 2 is 1.92 bits per heavy atom. The predicted molar refractivity (Wildman–Crippen MR) is 96.6 cm³/mol. The molecule has 1 fully saturated rings. The molecule has 1 aliphatic rings. The summed E-state index contributed by atoms with van der Waals surface area (Å²) in [6, 6.07) is 11.4. The van der Waals surface area contributed by atoms with Crippen LogP contribution in [0.4, 0.5) is 0 Å². The van der Waals surface area contributed by atoms with E-state index in [0.717, 1.165) is 5.56 Å². The average Bonchev–Trinajstić information content (AvgIpc) is 3.00. The summed E-state index contributed by atoms with van der Waals surface area (Å²) in [6.07, 6.45) is 1.97. The molecule has 138 valence electrons. The summed E-state index contributed by atoms with van der Waals surface area (Å²) in [7, 11) is 1.68. The third-order valence-electron chi connectivity index (χ3n) is 5.13. The fraction of sp³-hybridized carbons (Fsp3) is 0.400. The van der Waals surface area contributed by atoms with Crippen LogP contribution in [0.5, 0.6) is 0 Å². The molecule has 1 aromatic heterocycles. The zero-order valence-corrected chi connectivity index (χ0v) is 15.3. The van der Waals surface area contributed by atoms with Crippen molar-refractivity contribution in [1.82, 2.24) is 4.57 Å². The second-order valence-electron chi connectivity index (χ2n) is 7.33. The van der Waals surface area contributed by atoms with E-state index in [1.54, 1.807) is 11.6 Å². The number of ether oxygens (including phenoxy) is 2. The van der Waals surface area contributed by atoms with Gasteiger partial charge in [-0.15, -0.1) is 0 Å². The summed E-state index contributed by atoms with van der Waals surface area (Å²) in [5.74, 6) is -1.03. The van der Waals surface area contributed by atoms with E-state index < -0.39 is 11.9 Å². The van der Waals surface area contributed by atoms with E-state index in [2.05, 4.69) is 0 Å². The second-order valence-corrected chi connectivity index (χ2v) is 7.33. The SMILES string of the molecule is Cn1cc(C(N)=O)cc1C(=O)O[C@H]1C[C@H](OCc2ccccc2)C1(C)C.